The van der Waals surface area contributed by atoms with Crippen LogP contribution in [0.25, 0.3) is 0 Å². The molecule has 2 amide bonds. The Morgan fingerprint density at radius 2 is 1.53 bits per heavy atom. The second-order valence-corrected chi connectivity index (χ2v) is 13.5. The number of hydrogen-bond acceptors (Lipinski definition) is 4. The molecular weight excluding hydrogens is 582 g/mol. The molecule has 0 aromatic heterocycles. The number of halogens is 1. The van der Waals surface area contributed by atoms with Gasteiger partial charge in [-0.05, 0) is 66.6 Å². The molecule has 1 saturated heterocycles. The molecule has 1 heterocycles. The van der Waals surface area contributed by atoms with E-state index in [9.17, 15) is 18.0 Å². The van der Waals surface area contributed by atoms with Gasteiger partial charge in [-0.15, -0.1) is 0 Å². The van der Waals surface area contributed by atoms with Crippen LogP contribution in [0.2, 0.25) is 5.02 Å². The van der Waals surface area contributed by atoms with Gasteiger partial charge in [-0.2, -0.15) is 4.31 Å². The van der Waals surface area contributed by atoms with Crippen LogP contribution in [0.5, 0.6) is 0 Å². The largest absolute Gasteiger partial charge is 0.354 e. The molecule has 1 atom stereocenters. The van der Waals surface area contributed by atoms with Gasteiger partial charge in [-0.3, -0.25) is 9.59 Å². The molecule has 0 saturated carbocycles. The molecule has 0 unspecified atom stereocenters. The van der Waals surface area contributed by atoms with Crippen LogP contribution in [-0.2, 0) is 39.0 Å². The van der Waals surface area contributed by atoms with Crippen LogP contribution < -0.4 is 5.32 Å². The Hall–Kier alpha value is -3.20. The maximum atomic E-state index is 13.9. The molecule has 230 valence electrons. The lowest BCUT2D eigenvalue weighted by Gasteiger charge is -2.32. The van der Waals surface area contributed by atoms with E-state index in [0.29, 0.717) is 37.5 Å². The fourth-order valence-electron chi connectivity index (χ4n) is 5.35. The SMILES string of the molecule is CCCCCNC(=O)[C@@H](Cc1ccccc1)N(Cc1ccc(Cl)cc1)C(=O)CCc1ccc(S(=O)(=O)N2CCCC2)cc1. The lowest BCUT2D eigenvalue weighted by molar-refractivity contribution is -0.141. The van der Waals surface area contributed by atoms with Crippen LogP contribution in [0.3, 0.4) is 0 Å². The molecule has 0 radical (unpaired) electrons. The monoisotopic (exact) mass is 623 g/mol. The van der Waals surface area contributed by atoms with Gasteiger partial charge in [0.05, 0.1) is 4.90 Å². The molecule has 1 N–H and O–H groups in total. The fourth-order valence-corrected chi connectivity index (χ4v) is 6.99. The summed E-state index contributed by atoms with van der Waals surface area (Å²) in [6, 6.07) is 23.2. The second-order valence-electron chi connectivity index (χ2n) is 11.1. The van der Waals surface area contributed by atoms with Gasteiger partial charge in [0.25, 0.3) is 0 Å². The molecule has 0 spiro atoms. The lowest BCUT2D eigenvalue weighted by atomic mass is 10.0. The van der Waals surface area contributed by atoms with E-state index in [2.05, 4.69) is 12.2 Å². The van der Waals surface area contributed by atoms with E-state index in [-0.39, 0.29) is 29.7 Å². The average molecular weight is 624 g/mol. The van der Waals surface area contributed by atoms with E-state index in [1.165, 1.54) is 4.31 Å². The summed E-state index contributed by atoms with van der Waals surface area (Å²) in [6.45, 7) is 4.06. The molecule has 1 aliphatic heterocycles. The Morgan fingerprint density at radius 1 is 0.884 bits per heavy atom. The van der Waals surface area contributed by atoms with Crippen LogP contribution >= 0.6 is 11.6 Å². The number of sulfonamides is 1. The Kier molecular flexibility index (Phi) is 12.2. The first-order valence-corrected chi connectivity index (χ1v) is 17.0. The molecular formula is C34H42ClN3O4S. The van der Waals surface area contributed by atoms with E-state index in [0.717, 1.165) is 48.8 Å². The Balaban J connectivity index is 1.53. The molecule has 9 heteroatoms. The predicted octanol–water partition coefficient (Wildman–Crippen LogP) is 6.00. The number of hydrogen-bond donors (Lipinski definition) is 1. The highest BCUT2D eigenvalue weighted by atomic mass is 35.5. The average Bonchev–Trinajstić information content (AvgIpc) is 3.58. The van der Waals surface area contributed by atoms with Crippen LogP contribution in [0.1, 0.15) is 62.1 Å². The van der Waals surface area contributed by atoms with Crippen molar-refractivity contribution >= 4 is 33.4 Å². The number of carbonyl (C=O) groups excluding carboxylic acids is 2. The number of rotatable bonds is 15. The third kappa shape index (κ3) is 9.39. The molecule has 4 rings (SSSR count). The van der Waals surface area contributed by atoms with Crippen molar-refractivity contribution in [1.82, 2.24) is 14.5 Å². The summed E-state index contributed by atoms with van der Waals surface area (Å²) < 4.78 is 27.4. The number of carbonyl (C=O) groups is 2. The maximum absolute atomic E-state index is 13.9. The highest BCUT2D eigenvalue weighted by Crippen LogP contribution is 2.22. The van der Waals surface area contributed by atoms with E-state index < -0.39 is 16.1 Å². The highest BCUT2D eigenvalue weighted by Gasteiger charge is 2.30. The zero-order valence-electron chi connectivity index (χ0n) is 24.9. The number of benzene rings is 3. The number of aryl methyl sites for hydroxylation is 1. The third-order valence-corrected chi connectivity index (χ3v) is 10.0. The summed E-state index contributed by atoms with van der Waals surface area (Å²) in [4.78, 5) is 29.5. The zero-order chi connectivity index (χ0) is 30.7. The van der Waals surface area contributed by atoms with Crippen molar-refractivity contribution in [2.24, 2.45) is 0 Å². The van der Waals surface area contributed by atoms with Gasteiger partial charge in [0, 0.05) is 44.0 Å². The summed E-state index contributed by atoms with van der Waals surface area (Å²) in [5.74, 6) is -0.313. The first-order chi connectivity index (χ1) is 20.8. The highest BCUT2D eigenvalue weighted by molar-refractivity contribution is 7.89. The smallest absolute Gasteiger partial charge is 0.243 e. The predicted molar refractivity (Wildman–Crippen MR) is 171 cm³/mol. The zero-order valence-corrected chi connectivity index (χ0v) is 26.5. The van der Waals surface area contributed by atoms with Gasteiger partial charge < -0.3 is 10.2 Å². The fraction of sp³-hybridized carbons (Fsp3) is 0.412. The third-order valence-electron chi connectivity index (χ3n) is 7.87. The second kappa shape index (κ2) is 16.0. The molecule has 1 aliphatic rings. The van der Waals surface area contributed by atoms with Crippen molar-refractivity contribution in [1.29, 1.82) is 0 Å². The summed E-state index contributed by atoms with van der Waals surface area (Å²) in [5, 5.41) is 3.67. The number of nitrogens with one attached hydrogen (secondary N) is 1. The summed E-state index contributed by atoms with van der Waals surface area (Å²) in [7, 11) is -3.50. The summed E-state index contributed by atoms with van der Waals surface area (Å²) >= 11 is 6.12. The van der Waals surface area contributed by atoms with Crippen LogP contribution in [0.4, 0.5) is 0 Å². The summed E-state index contributed by atoms with van der Waals surface area (Å²) in [6.07, 6.45) is 5.72. The van der Waals surface area contributed by atoms with Crippen molar-refractivity contribution in [3.05, 3.63) is 101 Å². The van der Waals surface area contributed by atoms with Gasteiger partial charge in [-0.25, -0.2) is 8.42 Å². The minimum absolute atomic E-state index is 0.145. The molecule has 0 aliphatic carbocycles. The standard InChI is InChI=1S/C34H42ClN3O4S/c1-2-3-7-22-36-34(40)32(25-28-10-5-4-6-11-28)38(26-29-12-17-30(35)18-13-29)33(39)21-16-27-14-19-31(20-15-27)43(41,42)37-23-8-9-24-37/h4-6,10-15,17-20,32H,2-3,7-9,16,21-26H2,1H3,(H,36,40)/t32-/m1/s1. The van der Waals surface area contributed by atoms with Crippen molar-refractivity contribution in [2.45, 2.75) is 75.8 Å². The molecule has 3 aromatic carbocycles. The quantitative estimate of drug-likeness (QED) is 0.210. The molecule has 1 fully saturated rings. The topological polar surface area (TPSA) is 86.8 Å². The minimum atomic E-state index is -3.50. The van der Waals surface area contributed by atoms with Gasteiger partial charge in [0.1, 0.15) is 6.04 Å². The van der Waals surface area contributed by atoms with E-state index >= 15 is 0 Å². The van der Waals surface area contributed by atoms with Crippen molar-refractivity contribution < 1.29 is 18.0 Å². The van der Waals surface area contributed by atoms with Crippen molar-refractivity contribution in [3.8, 4) is 0 Å². The van der Waals surface area contributed by atoms with Crippen LogP contribution in [0.15, 0.2) is 83.8 Å². The van der Waals surface area contributed by atoms with E-state index in [1.807, 2.05) is 42.5 Å². The molecule has 3 aromatic rings. The van der Waals surface area contributed by atoms with Crippen molar-refractivity contribution in [3.63, 3.8) is 0 Å². The van der Waals surface area contributed by atoms with Gasteiger partial charge in [0.15, 0.2) is 0 Å². The minimum Gasteiger partial charge on any atom is -0.354 e. The van der Waals surface area contributed by atoms with Crippen LogP contribution in [-0.4, -0.2) is 55.1 Å². The molecule has 7 nitrogen and oxygen atoms in total. The first kappa shape index (κ1) is 32.7. The van der Waals surface area contributed by atoms with Crippen molar-refractivity contribution in [2.75, 3.05) is 19.6 Å². The van der Waals surface area contributed by atoms with Gasteiger partial charge in [0.2, 0.25) is 21.8 Å². The normalized spacial score (nSPS) is 14.4. The van der Waals surface area contributed by atoms with E-state index in [1.54, 1.807) is 41.3 Å². The van der Waals surface area contributed by atoms with E-state index in [4.69, 9.17) is 11.6 Å². The molecule has 43 heavy (non-hydrogen) atoms. The van der Waals surface area contributed by atoms with Gasteiger partial charge in [-0.1, -0.05) is 86.0 Å². The Morgan fingerprint density at radius 3 is 2.19 bits per heavy atom. The number of amides is 2. The first-order valence-electron chi connectivity index (χ1n) is 15.2. The number of unbranched alkanes of at least 4 members (excludes halogenated alkanes) is 2. The molecule has 0 bridgehead atoms. The lowest BCUT2D eigenvalue weighted by Crippen LogP contribution is -2.50. The summed E-state index contributed by atoms with van der Waals surface area (Å²) in [5.41, 5.74) is 2.72. The maximum Gasteiger partial charge on any atom is 0.243 e. The number of nitrogens with zero attached hydrogens (tertiary/aromatic N) is 2. The Bertz CT molecular complexity index is 1420. The Labute approximate surface area is 261 Å². The van der Waals surface area contributed by atoms with Gasteiger partial charge >= 0.3 is 0 Å². The van der Waals surface area contributed by atoms with Crippen LogP contribution in [0, 0.1) is 0 Å².